The molecule has 0 aromatic heterocycles. The second kappa shape index (κ2) is 3.33. The summed E-state index contributed by atoms with van der Waals surface area (Å²) in [5, 5.41) is 2.80. The first-order chi connectivity index (χ1) is 4.70. The van der Waals surface area contributed by atoms with E-state index in [1.807, 2.05) is 0 Å². The monoisotopic (exact) mass is 145 g/mol. The third-order valence-corrected chi connectivity index (χ3v) is 2.33. The minimum Gasteiger partial charge on any atom is -0.288 e. The summed E-state index contributed by atoms with van der Waals surface area (Å²) >= 11 is 0. The van der Waals surface area contributed by atoms with Gasteiger partial charge in [-0.3, -0.25) is 5.32 Å². The zero-order valence-electron chi connectivity index (χ0n) is 6.73. The molecule has 1 fully saturated rings. The van der Waals surface area contributed by atoms with Crippen LogP contribution < -0.4 is 5.32 Å². The van der Waals surface area contributed by atoms with Gasteiger partial charge in [0.15, 0.2) is 6.30 Å². The van der Waals surface area contributed by atoms with Gasteiger partial charge in [-0.15, -0.1) is 0 Å². The molecule has 1 aliphatic heterocycles. The van der Waals surface area contributed by atoms with Crippen LogP contribution in [0.25, 0.3) is 0 Å². The average molecular weight is 145 g/mol. The molecule has 2 atom stereocenters. The molecule has 1 rings (SSSR count). The molecule has 0 amide bonds. The lowest BCUT2D eigenvalue weighted by atomic mass is 9.87. The Morgan fingerprint density at radius 1 is 1.50 bits per heavy atom. The summed E-state index contributed by atoms with van der Waals surface area (Å²) in [7, 11) is 0. The zero-order chi connectivity index (χ0) is 7.56. The maximum absolute atomic E-state index is 12.7. The second-order valence-corrected chi connectivity index (χ2v) is 3.45. The first-order valence-corrected chi connectivity index (χ1v) is 4.07. The third kappa shape index (κ3) is 1.94. The van der Waals surface area contributed by atoms with Crippen molar-refractivity contribution in [3.05, 3.63) is 0 Å². The van der Waals surface area contributed by atoms with Crippen LogP contribution in [-0.4, -0.2) is 12.8 Å². The quantitative estimate of drug-likeness (QED) is 0.556. The Morgan fingerprint density at radius 2 is 2.20 bits per heavy atom. The molecule has 1 heterocycles. The van der Waals surface area contributed by atoms with Crippen LogP contribution in [0.1, 0.15) is 26.7 Å². The molecule has 10 heavy (non-hydrogen) atoms. The maximum atomic E-state index is 12.7. The highest BCUT2D eigenvalue weighted by Crippen LogP contribution is 2.23. The Balaban J connectivity index is 2.32. The molecule has 60 valence electrons. The number of rotatable bonds is 1. The number of hydrogen-bond donors (Lipinski definition) is 1. The van der Waals surface area contributed by atoms with Gasteiger partial charge >= 0.3 is 0 Å². The van der Waals surface area contributed by atoms with Crippen molar-refractivity contribution in [1.29, 1.82) is 0 Å². The van der Waals surface area contributed by atoms with Crippen LogP contribution in [0.5, 0.6) is 0 Å². The molecule has 1 saturated heterocycles. The van der Waals surface area contributed by atoms with Crippen LogP contribution in [0, 0.1) is 11.8 Å². The molecule has 1 nitrogen and oxygen atoms in total. The smallest absolute Gasteiger partial charge is 0.151 e. The molecule has 0 spiro atoms. The average Bonchev–Trinajstić information content (AvgIpc) is 1.88. The highest BCUT2D eigenvalue weighted by Gasteiger charge is 2.22. The maximum Gasteiger partial charge on any atom is 0.151 e. The van der Waals surface area contributed by atoms with Crippen LogP contribution in [0.4, 0.5) is 4.39 Å². The Labute approximate surface area is 62.0 Å². The Morgan fingerprint density at radius 3 is 2.60 bits per heavy atom. The van der Waals surface area contributed by atoms with E-state index in [2.05, 4.69) is 19.2 Å². The number of piperidine rings is 1. The summed E-state index contributed by atoms with van der Waals surface area (Å²) in [6.07, 6.45) is 1.09. The predicted molar refractivity (Wildman–Crippen MR) is 40.5 cm³/mol. The number of nitrogens with one attached hydrogen (secondary N) is 1. The number of alkyl halides is 1. The van der Waals surface area contributed by atoms with Gasteiger partial charge in [0.05, 0.1) is 0 Å². The number of halogens is 1. The fourth-order valence-corrected chi connectivity index (χ4v) is 1.50. The lowest BCUT2D eigenvalue weighted by Gasteiger charge is -2.28. The van der Waals surface area contributed by atoms with Gasteiger partial charge in [0.1, 0.15) is 0 Å². The summed E-state index contributed by atoms with van der Waals surface area (Å²) in [6, 6.07) is 0. The Bertz CT molecular complexity index is 103. The van der Waals surface area contributed by atoms with Crippen molar-refractivity contribution in [3.63, 3.8) is 0 Å². The van der Waals surface area contributed by atoms with E-state index in [-0.39, 0.29) is 0 Å². The van der Waals surface area contributed by atoms with Gasteiger partial charge < -0.3 is 0 Å². The summed E-state index contributed by atoms with van der Waals surface area (Å²) in [4.78, 5) is 0. The standard InChI is InChI=1S/C8H16FN/c1-6(2)7-3-4-10-8(9)5-7/h6-8,10H,3-5H2,1-2H3. The van der Waals surface area contributed by atoms with Gasteiger partial charge in [-0.1, -0.05) is 13.8 Å². The predicted octanol–water partition coefficient (Wildman–Crippen LogP) is 1.94. The summed E-state index contributed by atoms with van der Waals surface area (Å²) < 4.78 is 12.7. The van der Waals surface area contributed by atoms with E-state index in [0.29, 0.717) is 18.3 Å². The molecule has 0 saturated carbocycles. The molecular formula is C8H16FN. The van der Waals surface area contributed by atoms with Crippen molar-refractivity contribution in [1.82, 2.24) is 5.32 Å². The molecule has 1 aliphatic rings. The molecule has 0 bridgehead atoms. The molecular weight excluding hydrogens is 129 g/mol. The molecule has 1 N–H and O–H groups in total. The normalized spacial score (nSPS) is 34.8. The van der Waals surface area contributed by atoms with Crippen LogP contribution in [0.2, 0.25) is 0 Å². The van der Waals surface area contributed by atoms with Gasteiger partial charge in [-0.05, 0) is 31.2 Å². The lowest BCUT2D eigenvalue weighted by Crippen LogP contribution is -2.36. The van der Waals surface area contributed by atoms with Crippen molar-refractivity contribution in [2.45, 2.75) is 33.0 Å². The SMILES string of the molecule is CC(C)C1CCNC(F)C1. The first-order valence-electron chi connectivity index (χ1n) is 4.07. The molecule has 2 heteroatoms. The van der Waals surface area contributed by atoms with Crippen LogP contribution in [0.15, 0.2) is 0 Å². The topological polar surface area (TPSA) is 12.0 Å². The van der Waals surface area contributed by atoms with Crippen LogP contribution in [-0.2, 0) is 0 Å². The van der Waals surface area contributed by atoms with E-state index in [1.165, 1.54) is 0 Å². The third-order valence-electron chi connectivity index (χ3n) is 2.33. The fraction of sp³-hybridized carbons (Fsp3) is 1.00. The van der Waals surface area contributed by atoms with E-state index in [0.717, 1.165) is 13.0 Å². The van der Waals surface area contributed by atoms with Crippen molar-refractivity contribution in [2.24, 2.45) is 11.8 Å². The van der Waals surface area contributed by atoms with Crippen molar-refractivity contribution >= 4 is 0 Å². The van der Waals surface area contributed by atoms with E-state index in [4.69, 9.17) is 0 Å². The molecule has 2 unspecified atom stereocenters. The van der Waals surface area contributed by atoms with E-state index >= 15 is 0 Å². The number of hydrogen-bond acceptors (Lipinski definition) is 1. The van der Waals surface area contributed by atoms with Crippen LogP contribution in [0.3, 0.4) is 0 Å². The lowest BCUT2D eigenvalue weighted by molar-refractivity contribution is 0.150. The van der Waals surface area contributed by atoms with Crippen molar-refractivity contribution < 1.29 is 4.39 Å². The zero-order valence-corrected chi connectivity index (χ0v) is 6.73. The Hall–Kier alpha value is -0.110. The molecule has 0 aromatic carbocycles. The van der Waals surface area contributed by atoms with Gasteiger partial charge in [0, 0.05) is 0 Å². The van der Waals surface area contributed by atoms with Gasteiger partial charge in [0.2, 0.25) is 0 Å². The van der Waals surface area contributed by atoms with Crippen molar-refractivity contribution in [2.75, 3.05) is 6.54 Å². The minimum atomic E-state index is -0.749. The first kappa shape index (κ1) is 7.99. The summed E-state index contributed by atoms with van der Waals surface area (Å²) in [5.41, 5.74) is 0. The van der Waals surface area contributed by atoms with E-state index < -0.39 is 6.30 Å². The summed E-state index contributed by atoms with van der Waals surface area (Å²) in [5.74, 6) is 1.23. The van der Waals surface area contributed by atoms with Gasteiger partial charge in [-0.25, -0.2) is 4.39 Å². The minimum absolute atomic E-state index is 0.594. The highest BCUT2D eigenvalue weighted by atomic mass is 19.1. The van der Waals surface area contributed by atoms with E-state index in [9.17, 15) is 4.39 Å². The molecule has 0 aliphatic carbocycles. The van der Waals surface area contributed by atoms with Crippen molar-refractivity contribution in [3.8, 4) is 0 Å². The van der Waals surface area contributed by atoms with Gasteiger partial charge in [0.25, 0.3) is 0 Å². The largest absolute Gasteiger partial charge is 0.288 e. The second-order valence-electron chi connectivity index (χ2n) is 3.45. The molecule has 0 aromatic rings. The van der Waals surface area contributed by atoms with E-state index in [1.54, 1.807) is 0 Å². The van der Waals surface area contributed by atoms with Crippen LogP contribution >= 0.6 is 0 Å². The molecule has 0 radical (unpaired) electrons. The highest BCUT2D eigenvalue weighted by molar-refractivity contribution is 4.73. The Kier molecular flexibility index (Phi) is 2.66. The summed E-state index contributed by atoms with van der Waals surface area (Å²) in [6.45, 7) is 5.19. The fourth-order valence-electron chi connectivity index (χ4n) is 1.50. The van der Waals surface area contributed by atoms with Gasteiger partial charge in [-0.2, -0.15) is 0 Å².